The molecular weight excluding hydrogens is 222 g/mol. The van der Waals surface area contributed by atoms with Crippen LogP contribution < -0.4 is 5.32 Å². The van der Waals surface area contributed by atoms with Gasteiger partial charge < -0.3 is 19.2 Å². The van der Waals surface area contributed by atoms with Gasteiger partial charge in [-0.05, 0) is 19.9 Å². The van der Waals surface area contributed by atoms with Crippen molar-refractivity contribution in [2.75, 3.05) is 19.8 Å². The highest BCUT2D eigenvalue weighted by molar-refractivity contribution is 5.93. The van der Waals surface area contributed by atoms with Crippen molar-refractivity contribution in [1.29, 1.82) is 0 Å². The van der Waals surface area contributed by atoms with Crippen LogP contribution in [-0.2, 0) is 9.47 Å². The Bertz CT molecular complexity index is 388. The molecule has 5 nitrogen and oxygen atoms in total. The van der Waals surface area contributed by atoms with Gasteiger partial charge in [-0.25, -0.2) is 0 Å². The Morgan fingerprint density at radius 3 is 3.06 bits per heavy atom. The lowest BCUT2D eigenvalue weighted by molar-refractivity contribution is 0.0399. The first kappa shape index (κ1) is 12.1. The van der Waals surface area contributed by atoms with E-state index in [2.05, 4.69) is 5.32 Å². The molecule has 0 unspecified atom stereocenters. The molecule has 0 bridgehead atoms. The summed E-state index contributed by atoms with van der Waals surface area (Å²) in [5.74, 6) is 0.139. The molecule has 2 heterocycles. The summed E-state index contributed by atoms with van der Waals surface area (Å²) in [6.45, 7) is 5.38. The molecule has 1 N–H and O–H groups in total. The topological polar surface area (TPSA) is 60.7 Å². The number of aryl methyl sites for hydroxylation is 1. The maximum absolute atomic E-state index is 11.9. The molecule has 1 aliphatic rings. The van der Waals surface area contributed by atoms with Gasteiger partial charge in [0.2, 0.25) is 0 Å². The quantitative estimate of drug-likeness (QED) is 0.855. The van der Waals surface area contributed by atoms with Crippen LogP contribution in [-0.4, -0.2) is 37.9 Å². The number of nitrogens with one attached hydrogen (secondary N) is 1. The Morgan fingerprint density at radius 1 is 1.59 bits per heavy atom. The van der Waals surface area contributed by atoms with Crippen molar-refractivity contribution in [2.45, 2.75) is 26.0 Å². The van der Waals surface area contributed by atoms with Gasteiger partial charge in [-0.3, -0.25) is 4.79 Å². The number of ether oxygens (including phenoxy) is 2. The molecule has 0 aliphatic carbocycles. The zero-order valence-corrected chi connectivity index (χ0v) is 10.1. The van der Waals surface area contributed by atoms with Crippen LogP contribution in [0.25, 0.3) is 0 Å². The maximum atomic E-state index is 11.9. The van der Waals surface area contributed by atoms with Gasteiger partial charge in [0.1, 0.15) is 6.10 Å². The molecule has 0 saturated carbocycles. The number of carbonyl (C=O) groups excluding carboxylic acids is 1. The molecule has 0 spiro atoms. The van der Waals surface area contributed by atoms with Crippen molar-refractivity contribution in [1.82, 2.24) is 5.32 Å². The average Bonchev–Trinajstić information content (AvgIpc) is 2.89. The molecule has 0 aromatic carbocycles. The number of hydrogen-bond acceptors (Lipinski definition) is 4. The molecule has 1 saturated heterocycles. The molecule has 17 heavy (non-hydrogen) atoms. The summed E-state index contributed by atoms with van der Waals surface area (Å²) < 4.78 is 15.9. The molecule has 1 aliphatic heterocycles. The van der Waals surface area contributed by atoms with Crippen LogP contribution in [0.15, 0.2) is 16.7 Å². The smallest absolute Gasteiger partial charge is 0.287 e. The SMILES string of the molecule is CCO[C@@H]1COC[C@H]1NC(=O)c1occc1C. The zero-order valence-electron chi connectivity index (χ0n) is 10.1. The van der Waals surface area contributed by atoms with E-state index in [0.29, 0.717) is 25.6 Å². The first-order valence-corrected chi connectivity index (χ1v) is 5.76. The summed E-state index contributed by atoms with van der Waals surface area (Å²) in [4.78, 5) is 11.9. The fourth-order valence-corrected chi connectivity index (χ4v) is 1.89. The van der Waals surface area contributed by atoms with Gasteiger partial charge in [-0.2, -0.15) is 0 Å². The molecule has 1 amide bonds. The van der Waals surface area contributed by atoms with E-state index in [1.54, 1.807) is 6.07 Å². The fourth-order valence-electron chi connectivity index (χ4n) is 1.89. The number of hydrogen-bond donors (Lipinski definition) is 1. The van der Waals surface area contributed by atoms with Crippen LogP contribution in [0.4, 0.5) is 0 Å². The highest BCUT2D eigenvalue weighted by atomic mass is 16.5. The monoisotopic (exact) mass is 239 g/mol. The van der Waals surface area contributed by atoms with E-state index in [1.165, 1.54) is 6.26 Å². The summed E-state index contributed by atoms with van der Waals surface area (Å²) in [6, 6.07) is 1.66. The summed E-state index contributed by atoms with van der Waals surface area (Å²) >= 11 is 0. The van der Waals surface area contributed by atoms with Crippen LogP contribution in [0.5, 0.6) is 0 Å². The highest BCUT2D eigenvalue weighted by Crippen LogP contribution is 2.13. The van der Waals surface area contributed by atoms with E-state index in [9.17, 15) is 4.79 Å². The van der Waals surface area contributed by atoms with E-state index in [0.717, 1.165) is 5.56 Å². The first-order valence-electron chi connectivity index (χ1n) is 5.76. The molecular formula is C12H17NO4. The van der Waals surface area contributed by atoms with Crippen molar-refractivity contribution >= 4 is 5.91 Å². The molecule has 2 atom stereocenters. The molecule has 5 heteroatoms. The second-order valence-electron chi connectivity index (χ2n) is 4.04. The zero-order chi connectivity index (χ0) is 12.3. The van der Waals surface area contributed by atoms with Gasteiger partial charge in [0.15, 0.2) is 5.76 Å². The lowest BCUT2D eigenvalue weighted by Gasteiger charge is -2.18. The lowest BCUT2D eigenvalue weighted by Crippen LogP contribution is -2.43. The minimum absolute atomic E-state index is 0.0702. The average molecular weight is 239 g/mol. The van der Waals surface area contributed by atoms with Crippen molar-refractivity contribution in [3.05, 3.63) is 23.7 Å². The maximum Gasteiger partial charge on any atom is 0.287 e. The van der Waals surface area contributed by atoms with Crippen molar-refractivity contribution in [3.63, 3.8) is 0 Å². The summed E-state index contributed by atoms with van der Waals surface area (Å²) in [7, 11) is 0. The van der Waals surface area contributed by atoms with Crippen LogP contribution >= 0.6 is 0 Å². The third-order valence-corrected chi connectivity index (χ3v) is 2.79. The Hall–Kier alpha value is -1.33. The Labute approximate surface area is 100 Å². The van der Waals surface area contributed by atoms with E-state index in [1.807, 2.05) is 13.8 Å². The minimum atomic E-state index is -0.215. The van der Waals surface area contributed by atoms with Crippen molar-refractivity contribution < 1.29 is 18.7 Å². The van der Waals surface area contributed by atoms with E-state index in [4.69, 9.17) is 13.9 Å². The van der Waals surface area contributed by atoms with Gasteiger partial charge in [0.05, 0.1) is 25.5 Å². The molecule has 1 aromatic heterocycles. The number of amides is 1. The van der Waals surface area contributed by atoms with Crippen LogP contribution in [0.3, 0.4) is 0 Å². The van der Waals surface area contributed by atoms with E-state index in [-0.39, 0.29) is 18.1 Å². The van der Waals surface area contributed by atoms with Crippen LogP contribution in [0.2, 0.25) is 0 Å². The molecule has 2 rings (SSSR count). The summed E-state index contributed by atoms with van der Waals surface area (Å²) in [5, 5.41) is 2.87. The van der Waals surface area contributed by atoms with E-state index < -0.39 is 0 Å². The largest absolute Gasteiger partial charge is 0.459 e. The number of carbonyl (C=O) groups is 1. The van der Waals surface area contributed by atoms with Crippen LogP contribution in [0, 0.1) is 6.92 Å². The summed E-state index contributed by atoms with van der Waals surface area (Å²) in [6.07, 6.45) is 1.44. The van der Waals surface area contributed by atoms with Crippen molar-refractivity contribution in [3.8, 4) is 0 Å². The predicted molar refractivity (Wildman–Crippen MR) is 60.9 cm³/mol. The van der Waals surface area contributed by atoms with Gasteiger partial charge in [0.25, 0.3) is 5.91 Å². The fraction of sp³-hybridized carbons (Fsp3) is 0.583. The Balaban J connectivity index is 1.97. The van der Waals surface area contributed by atoms with Crippen LogP contribution in [0.1, 0.15) is 23.0 Å². The number of furan rings is 1. The number of rotatable bonds is 4. The Morgan fingerprint density at radius 2 is 2.41 bits per heavy atom. The first-order chi connectivity index (χ1) is 8.22. The molecule has 1 aromatic rings. The third-order valence-electron chi connectivity index (χ3n) is 2.79. The highest BCUT2D eigenvalue weighted by Gasteiger charge is 2.31. The standard InChI is InChI=1S/C12H17NO4/c1-3-16-10-7-15-6-9(10)13-12(14)11-8(2)4-5-17-11/h4-5,9-10H,3,6-7H2,1-2H3,(H,13,14)/t9-,10-/m1/s1. The summed E-state index contributed by atoms with van der Waals surface area (Å²) in [5.41, 5.74) is 0.828. The van der Waals surface area contributed by atoms with Gasteiger partial charge in [0, 0.05) is 12.2 Å². The van der Waals surface area contributed by atoms with Gasteiger partial charge in [-0.15, -0.1) is 0 Å². The lowest BCUT2D eigenvalue weighted by atomic mass is 10.2. The van der Waals surface area contributed by atoms with Gasteiger partial charge in [-0.1, -0.05) is 0 Å². The molecule has 0 radical (unpaired) electrons. The predicted octanol–water partition coefficient (Wildman–Crippen LogP) is 1.12. The van der Waals surface area contributed by atoms with Crippen molar-refractivity contribution in [2.24, 2.45) is 0 Å². The normalized spacial score (nSPS) is 23.9. The second kappa shape index (κ2) is 5.33. The van der Waals surface area contributed by atoms with E-state index >= 15 is 0 Å². The third kappa shape index (κ3) is 2.68. The van der Waals surface area contributed by atoms with Gasteiger partial charge >= 0.3 is 0 Å². The second-order valence-corrected chi connectivity index (χ2v) is 4.04. The molecule has 94 valence electrons. The Kier molecular flexibility index (Phi) is 3.81. The molecule has 1 fully saturated rings. The minimum Gasteiger partial charge on any atom is -0.459 e.